The Morgan fingerprint density at radius 2 is 1.86 bits per heavy atom. The third-order valence-electron chi connectivity index (χ3n) is 3.30. The van der Waals surface area contributed by atoms with E-state index in [4.69, 9.17) is 0 Å². The van der Waals surface area contributed by atoms with E-state index in [2.05, 4.69) is 29.5 Å². The standard InChI is InChI=1S/C15H22F3N3.HI/c1-10(2)11(3)21-14(19-4)20-9-12-6-5-7-13(8-12)15(16,17)18;/h5-8,10-11H,9H2,1-4H3,(H2,19,20,21);1H. The molecule has 0 saturated heterocycles. The topological polar surface area (TPSA) is 36.4 Å². The molecular formula is C15H23F3IN3. The molecule has 0 heterocycles. The van der Waals surface area contributed by atoms with Gasteiger partial charge >= 0.3 is 6.18 Å². The van der Waals surface area contributed by atoms with Crippen molar-refractivity contribution in [1.82, 2.24) is 10.6 Å². The largest absolute Gasteiger partial charge is 0.416 e. The number of alkyl halides is 3. The van der Waals surface area contributed by atoms with Gasteiger partial charge < -0.3 is 10.6 Å². The summed E-state index contributed by atoms with van der Waals surface area (Å²) >= 11 is 0. The quantitative estimate of drug-likeness (QED) is 0.431. The summed E-state index contributed by atoms with van der Waals surface area (Å²) in [6.07, 6.45) is -4.32. The van der Waals surface area contributed by atoms with Gasteiger partial charge in [0.2, 0.25) is 0 Å². The van der Waals surface area contributed by atoms with Crippen LogP contribution in [0.4, 0.5) is 13.2 Å². The number of benzene rings is 1. The molecule has 1 aromatic carbocycles. The second-order valence-corrected chi connectivity index (χ2v) is 5.30. The van der Waals surface area contributed by atoms with Gasteiger partial charge in [0.1, 0.15) is 0 Å². The molecule has 3 nitrogen and oxygen atoms in total. The molecule has 0 aliphatic heterocycles. The zero-order valence-electron chi connectivity index (χ0n) is 13.2. The van der Waals surface area contributed by atoms with E-state index >= 15 is 0 Å². The predicted molar refractivity (Wildman–Crippen MR) is 94.5 cm³/mol. The van der Waals surface area contributed by atoms with Crippen LogP contribution in [-0.2, 0) is 12.7 Å². The Labute approximate surface area is 146 Å². The Morgan fingerprint density at radius 3 is 2.36 bits per heavy atom. The highest BCUT2D eigenvalue weighted by atomic mass is 127. The van der Waals surface area contributed by atoms with Gasteiger partial charge in [-0.15, -0.1) is 24.0 Å². The van der Waals surface area contributed by atoms with E-state index in [0.29, 0.717) is 17.4 Å². The second kappa shape index (κ2) is 9.22. The summed E-state index contributed by atoms with van der Waals surface area (Å²) < 4.78 is 37.9. The molecule has 0 fully saturated rings. The van der Waals surface area contributed by atoms with Gasteiger partial charge in [-0.3, -0.25) is 4.99 Å². The first-order valence-corrected chi connectivity index (χ1v) is 6.87. The zero-order valence-corrected chi connectivity index (χ0v) is 15.5. The Bertz CT molecular complexity index is 487. The summed E-state index contributed by atoms with van der Waals surface area (Å²) in [5.74, 6) is 1.01. The fourth-order valence-electron chi connectivity index (χ4n) is 1.62. The SMILES string of the molecule is CN=C(NCc1cccc(C(F)(F)F)c1)NC(C)C(C)C.I. The molecule has 126 valence electrons. The number of rotatable bonds is 4. The van der Waals surface area contributed by atoms with Crippen molar-refractivity contribution in [2.24, 2.45) is 10.9 Å². The van der Waals surface area contributed by atoms with Crippen molar-refractivity contribution in [1.29, 1.82) is 0 Å². The maximum atomic E-state index is 12.6. The van der Waals surface area contributed by atoms with E-state index in [1.165, 1.54) is 6.07 Å². The van der Waals surface area contributed by atoms with Crippen LogP contribution in [0.3, 0.4) is 0 Å². The van der Waals surface area contributed by atoms with E-state index < -0.39 is 11.7 Å². The maximum Gasteiger partial charge on any atom is 0.416 e. The fourth-order valence-corrected chi connectivity index (χ4v) is 1.62. The number of nitrogens with zero attached hydrogens (tertiary/aromatic N) is 1. The average molecular weight is 429 g/mol. The van der Waals surface area contributed by atoms with Crippen LogP contribution in [-0.4, -0.2) is 19.0 Å². The minimum atomic E-state index is -4.32. The van der Waals surface area contributed by atoms with Crippen LogP contribution in [0.25, 0.3) is 0 Å². The zero-order chi connectivity index (χ0) is 16.0. The first-order valence-electron chi connectivity index (χ1n) is 6.87. The predicted octanol–water partition coefficient (Wildman–Crippen LogP) is 4.03. The minimum Gasteiger partial charge on any atom is -0.354 e. The molecule has 0 saturated carbocycles. The molecule has 2 N–H and O–H groups in total. The number of hydrogen-bond donors (Lipinski definition) is 2. The van der Waals surface area contributed by atoms with Gasteiger partial charge in [-0.1, -0.05) is 26.0 Å². The number of aliphatic imine (C=N–C) groups is 1. The van der Waals surface area contributed by atoms with Crippen LogP contribution in [0.15, 0.2) is 29.3 Å². The molecule has 7 heteroatoms. The Hall–Kier alpha value is -0.990. The van der Waals surface area contributed by atoms with Crippen LogP contribution in [0.1, 0.15) is 31.9 Å². The third kappa shape index (κ3) is 6.85. The lowest BCUT2D eigenvalue weighted by atomic mass is 10.1. The molecule has 0 amide bonds. The van der Waals surface area contributed by atoms with Gasteiger partial charge in [-0.2, -0.15) is 13.2 Å². The number of nitrogens with one attached hydrogen (secondary N) is 2. The number of hydrogen-bond acceptors (Lipinski definition) is 1. The van der Waals surface area contributed by atoms with Gasteiger partial charge in [0, 0.05) is 19.6 Å². The van der Waals surface area contributed by atoms with Gasteiger partial charge in [0.25, 0.3) is 0 Å². The van der Waals surface area contributed by atoms with E-state index in [9.17, 15) is 13.2 Å². The van der Waals surface area contributed by atoms with E-state index in [1.54, 1.807) is 13.1 Å². The molecule has 1 aromatic rings. The lowest BCUT2D eigenvalue weighted by molar-refractivity contribution is -0.137. The second-order valence-electron chi connectivity index (χ2n) is 5.30. The molecule has 1 atom stereocenters. The Balaban J connectivity index is 0.00000441. The Morgan fingerprint density at radius 1 is 1.23 bits per heavy atom. The molecule has 1 rings (SSSR count). The van der Waals surface area contributed by atoms with Crippen LogP contribution in [0.5, 0.6) is 0 Å². The lowest BCUT2D eigenvalue weighted by Crippen LogP contribution is -2.43. The van der Waals surface area contributed by atoms with Crippen molar-refractivity contribution in [3.8, 4) is 0 Å². The van der Waals surface area contributed by atoms with Crippen molar-refractivity contribution in [2.45, 2.75) is 39.5 Å². The van der Waals surface area contributed by atoms with Crippen molar-refractivity contribution >= 4 is 29.9 Å². The highest BCUT2D eigenvalue weighted by Crippen LogP contribution is 2.29. The van der Waals surface area contributed by atoms with Gasteiger partial charge in [0.05, 0.1) is 5.56 Å². The summed E-state index contributed by atoms with van der Waals surface area (Å²) in [6, 6.07) is 5.50. The van der Waals surface area contributed by atoms with Crippen LogP contribution in [0.2, 0.25) is 0 Å². The first kappa shape index (κ1) is 21.0. The molecule has 0 aliphatic rings. The molecular weight excluding hydrogens is 406 g/mol. The maximum absolute atomic E-state index is 12.6. The molecule has 0 aromatic heterocycles. The van der Waals surface area contributed by atoms with Crippen molar-refractivity contribution < 1.29 is 13.2 Å². The lowest BCUT2D eigenvalue weighted by Gasteiger charge is -2.21. The molecule has 0 radical (unpaired) electrons. The highest BCUT2D eigenvalue weighted by molar-refractivity contribution is 14.0. The number of guanidine groups is 1. The summed E-state index contributed by atoms with van der Waals surface area (Å²) in [5.41, 5.74) is -0.0785. The van der Waals surface area contributed by atoms with E-state index in [1.807, 2.05) is 6.92 Å². The number of halogens is 4. The van der Waals surface area contributed by atoms with Crippen molar-refractivity contribution in [3.63, 3.8) is 0 Å². The average Bonchev–Trinajstić information content (AvgIpc) is 2.42. The fraction of sp³-hybridized carbons (Fsp3) is 0.533. The van der Waals surface area contributed by atoms with Crippen LogP contribution < -0.4 is 10.6 Å². The molecule has 1 unspecified atom stereocenters. The summed E-state index contributed by atoms with van der Waals surface area (Å²) in [4.78, 5) is 4.07. The van der Waals surface area contributed by atoms with Crippen molar-refractivity contribution in [2.75, 3.05) is 7.05 Å². The van der Waals surface area contributed by atoms with Gasteiger partial charge in [0.15, 0.2) is 5.96 Å². The molecule has 22 heavy (non-hydrogen) atoms. The minimum absolute atomic E-state index is 0. The van der Waals surface area contributed by atoms with Gasteiger partial charge in [-0.05, 0) is 30.5 Å². The van der Waals surface area contributed by atoms with Crippen molar-refractivity contribution in [3.05, 3.63) is 35.4 Å². The normalized spacial score (nSPS) is 13.5. The Kier molecular flexibility index (Phi) is 8.80. The van der Waals surface area contributed by atoms with Crippen LogP contribution >= 0.6 is 24.0 Å². The smallest absolute Gasteiger partial charge is 0.354 e. The first-order chi connectivity index (χ1) is 9.74. The molecule has 0 spiro atoms. The molecule has 0 bridgehead atoms. The summed E-state index contributed by atoms with van der Waals surface area (Å²) in [7, 11) is 1.63. The van der Waals surface area contributed by atoms with E-state index in [-0.39, 0.29) is 36.6 Å². The monoisotopic (exact) mass is 429 g/mol. The third-order valence-corrected chi connectivity index (χ3v) is 3.30. The van der Waals surface area contributed by atoms with E-state index in [0.717, 1.165) is 12.1 Å². The van der Waals surface area contributed by atoms with Gasteiger partial charge in [-0.25, -0.2) is 0 Å². The molecule has 0 aliphatic carbocycles. The summed E-state index contributed by atoms with van der Waals surface area (Å²) in [6.45, 7) is 6.48. The van der Waals surface area contributed by atoms with Crippen LogP contribution in [0, 0.1) is 5.92 Å². The highest BCUT2D eigenvalue weighted by Gasteiger charge is 2.30. The summed E-state index contributed by atoms with van der Waals surface area (Å²) in [5, 5.41) is 6.22.